The lowest BCUT2D eigenvalue weighted by Crippen LogP contribution is -2.41. The quantitative estimate of drug-likeness (QED) is 0.221. The van der Waals surface area contributed by atoms with Crippen LogP contribution in [-0.2, 0) is 4.79 Å². The maximum Gasteiger partial charge on any atom is 0.253 e. The monoisotopic (exact) mass is 362 g/mol. The van der Waals surface area contributed by atoms with Crippen molar-refractivity contribution < 1.29 is 14.3 Å². The number of carbonyl (C=O) groups excluding carboxylic acids is 1. The van der Waals surface area contributed by atoms with Crippen LogP contribution in [0.25, 0.3) is 0 Å². The van der Waals surface area contributed by atoms with Crippen LogP contribution in [0.1, 0.15) is 19.3 Å². The van der Waals surface area contributed by atoms with Crippen LogP contribution < -0.4 is 16.4 Å². The van der Waals surface area contributed by atoms with Crippen LogP contribution in [0, 0.1) is 17.3 Å². The van der Waals surface area contributed by atoms with Gasteiger partial charge >= 0.3 is 0 Å². The van der Waals surface area contributed by atoms with Crippen LogP contribution in [0.2, 0.25) is 0 Å². The van der Waals surface area contributed by atoms with Gasteiger partial charge in [0.25, 0.3) is 5.91 Å². The fourth-order valence-electron chi connectivity index (χ4n) is 2.89. The van der Waals surface area contributed by atoms with Gasteiger partial charge in [0.1, 0.15) is 5.84 Å². The predicted octanol–water partition coefficient (Wildman–Crippen LogP) is 0.799. The molecule has 1 aromatic rings. The van der Waals surface area contributed by atoms with E-state index < -0.39 is 11.9 Å². The third kappa shape index (κ3) is 5.35. The number of primary amides is 1. The number of aliphatic hydroxyl groups is 1. The van der Waals surface area contributed by atoms with Gasteiger partial charge in [-0.05, 0) is 25.3 Å². The molecule has 9 heteroatoms. The van der Waals surface area contributed by atoms with Crippen molar-refractivity contribution in [1.82, 2.24) is 10.3 Å². The summed E-state index contributed by atoms with van der Waals surface area (Å²) in [6.07, 6.45) is 5.92. The van der Waals surface area contributed by atoms with Gasteiger partial charge in [0.2, 0.25) is 5.95 Å². The van der Waals surface area contributed by atoms with Crippen LogP contribution in [0.3, 0.4) is 0 Å². The average Bonchev–Trinajstić information content (AvgIpc) is 2.56. The Labute approximate surface area is 150 Å². The lowest BCUT2D eigenvalue weighted by Gasteiger charge is -2.32. The van der Waals surface area contributed by atoms with Gasteiger partial charge < -0.3 is 26.5 Å². The molecule has 0 aliphatic heterocycles. The SMILES string of the molecule is C/N=C\[C@H]1C[C@H](O)CCC1N/C=C(\C(=N)Nc1ccnc(F)c1)C(N)=O. The normalized spacial score (nSPS) is 23.7. The maximum atomic E-state index is 13.1. The standard InChI is InChI=1S/C17H23FN6O2/c1-21-8-10-6-12(25)2-3-14(10)23-9-13(17(20)26)16(19)24-11-4-5-22-15(18)7-11/h4-5,7-10,12,14,23,25H,2-3,6H2,1H3,(H2,20,26)(H2,19,22,24)/b13-9+,21-8-/t10-,12-,14?/m1/s1. The lowest BCUT2D eigenvalue weighted by molar-refractivity contribution is -0.114. The van der Waals surface area contributed by atoms with Crippen molar-refractivity contribution in [1.29, 1.82) is 5.41 Å². The molecule has 0 aromatic carbocycles. The molecule has 26 heavy (non-hydrogen) atoms. The number of nitrogens with one attached hydrogen (secondary N) is 3. The zero-order valence-electron chi connectivity index (χ0n) is 14.4. The van der Waals surface area contributed by atoms with E-state index in [1.807, 2.05) is 0 Å². The van der Waals surface area contributed by atoms with E-state index in [2.05, 4.69) is 20.6 Å². The number of nitrogens with two attached hydrogens (primary N) is 1. The molecule has 1 aliphatic carbocycles. The van der Waals surface area contributed by atoms with Crippen LogP contribution in [0.5, 0.6) is 0 Å². The van der Waals surface area contributed by atoms with Crippen molar-refractivity contribution >= 4 is 23.6 Å². The molecule has 0 saturated heterocycles. The molecule has 3 atom stereocenters. The third-order valence-electron chi connectivity index (χ3n) is 4.18. The summed E-state index contributed by atoms with van der Waals surface area (Å²) in [5.74, 6) is -1.74. The largest absolute Gasteiger partial charge is 0.393 e. The van der Waals surface area contributed by atoms with E-state index in [1.165, 1.54) is 18.5 Å². The molecule has 0 spiro atoms. The number of amides is 1. The Morgan fingerprint density at radius 2 is 2.31 bits per heavy atom. The molecule has 1 saturated carbocycles. The maximum absolute atomic E-state index is 13.1. The molecule has 1 fully saturated rings. The second-order valence-electron chi connectivity index (χ2n) is 6.10. The summed E-state index contributed by atoms with van der Waals surface area (Å²) < 4.78 is 13.1. The van der Waals surface area contributed by atoms with Crippen LogP contribution in [0.4, 0.5) is 10.1 Å². The summed E-state index contributed by atoms with van der Waals surface area (Å²) in [5, 5.41) is 23.6. The Hall–Kier alpha value is -2.81. The molecule has 6 N–H and O–H groups in total. The Morgan fingerprint density at radius 3 is 2.96 bits per heavy atom. The van der Waals surface area contributed by atoms with Crippen molar-refractivity contribution in [3.05, 3.63) is 36.1 Å². The second-order valence-corrected chi connectivity index (χ2v) is 6.10. The molecule has 1 amide bonds. The Kier molecular flexibility index (Phi) is 6.79. The number of halogens is 1. The molecule has 1 aliphatic rings. The van der Waals surface area contributed by atoms with E-state index in [-0.39, 0.29) is 35.2 Å². The Bertz CT molecular complexity index is 721. The Morgan fingerprint density at radius 1 is 1.54 bits per heavy atom. The highest BCUT2D eigenvalue weighted by molar-refractivity contribution is 6.23. The number of aromatic nitrogens is 1. The highest BCUT2D eigenvalue weighted by atomic mass is 19.1. The molecule has 8 nitrogen and oxygen atoms in total. The van der Waals surface area contributed by atoms with E-state index in [0.29, 0.717) is 19.3 Å². The number of anilines is 1. The lowest BCUT2D eigenvalue weighted by atomic mass is 9.83. The first kappa shape index (κ1) is 19.5. The zero-order valence-corrected chi connectivity index (χ0v) is 14.4. The molecule has 1 aromatic heterocycles. The second kappa shape index (κ2) is 9.04. The van der Waals surface area contributed by atoms with E-state index in [4.69, 9.17) is 11.1 Å². The van der Waals surface area contributed by atoms with Crippen molar-refractivity contribution in [2.75, 3.05) is 12.4 Å². The zero-order chi connectivity index (χ0) is 19.1. The number of aliphatic hydroxyl groups excluding tert-OH is 1. The molecule has 0 radical (unpaired) electrons. The van der Waals surface area contributed by atoms with Gasteiger partial charge in [-0.2, -0.15) is 4.39 Å². The number of nitrogens with zero attached hydrogens (tertiary/aromatic N) is 2. The first-order chi connectivity index (χ1) is 12.4. The number of amidine groups is 1. The van der Waals surface area contributed by atoms with Crippen molar-refractivity contribution in [2.24, 2.45) is 16.6 Å². The van der Waals surface area contributed by atoms with Crippen molar-refractivity contribution in [3.63, 3.8) is 0 Å². The first-order valence-electron chi connectivity index (χ1n) is 8.24. The highest BCUT2D eigenvalue weighted by Gasteiger charge is 2.28. The van der Waals surface area contributed by atoms with E-state index in [0.717, 1.165) is 6.07 Å². The van der Waals surface area contributed by atoms with Crippen LogP contribution in [-0.4, -0.2) is 47.2 Å². The summed E-state index contributed by atoms with van der Waals surface area (Å²) in [6, 6.07) is 2.54. The highest BCUT2D eigenvalue weighted by Crippen LogP contribution is 2.24. The third-order valence-corrected chi connectivity index (χ3v) is 4.18. The number of hydrogen-bond donors (Lipinski definition) is 5. The number of pyridine rings is 1. The minimum Gasteiger partial charge on any atom is -0.393 e. The molecule has 1 heterocycles. The fraction of sp³-hybridized carbons (Fsp3) is 0.412. The van der Waals surface area contributed by atoms with Crippen molar-refractivity contribution in [2.45, 2.75) is 31.4 Å². The van der Waals surface area contributed by atoms with Crippen molar-refractivity contribution in [3.8, 4) is 0 Å². The summed E-state index contributed by atoms with van der Waals surface area (Å²) >= 11 is 0. The fourth-order valence-corrected chi connectivity index (χ4v) is 2.89. The average molecular weight is 362 g/mol. The summed E-state index contributed by atoms with van der Waals surface area (Å²) in [4.78, 5) is 19.2. The number of aliphatic imine (C=N–C) groups is 1. The van der Waals surface area contributed by atoms with Crippen LogP contribution >= 0.6 is 0 Å². The minimum atomic E-state index is -0.791. The predicted molar refractivity (Wildman–Crippen MR) is 97.5 cm³/mol. The summed E-state index contributed by atoms with van der Waals surface area (Å²) in [5.41, 5.74) is 5.59. The first-order valence-corrected chi connectivity index (χ1v) is 8.24. The minimum absolute atomic E-state index is 0.00515. The molecule has 2 rings (SSSR count). The Balaban J connectivity index is 2.10. The molecule has 140 valence electrons. The van der Waals surface area contributed by atoms with Gasteiger partial charge in [0, 0.05) is 49.4 Å². The van der Waals surface area contributed by atoms with Crippen LogP contribution in [0.15, 0.2) is 35.1 Å². The van der Waals surface area contributed by atoms with Gasteiger partial charge in [-0.3, -0.25) is 10.2 Å². The number of rotatable bonds is 6. The van der Waals surface area contributed by atoms with Gasteiger partial charge in [0.05, 0.1) is 11.7 Å². The van der Waals surface area contributed by atoms with Gasteiger partial charge in [0.15, 0.2) is 0 Å². The van der Waals surface area contributed by atoms with E-state index in [1.54, 1.807) is 13.3 Å². The van der Waals surface area contributed by atoms with E-state index in [9.17, 15) is 14.3 Å². The summed E-state index contributed by atoms with van der Waals surface area (Å²) in [6.45, 7) is 0. The molecule has 1 unspecified atom stereocenters. The van der Waals surface area contributed by atoms with Gasteiger partial charge in [-0.25, -0.2) is 4.98 Å². The summed E-state index contributed by atoms with van der Waals surface area (Å²) in [7, 11) is 1.66. The van der Waals surface area contributed by atoms with Gasteiger partial charge in [-0.15, -0.1) is 0 Å². The number of hydrogen-bond acceptors (Lipinski definition) is 6. The van der Waals surface area contributed by atoms with E-state index >= 15 is 0 Å². The topological polar surface area (TPSA) is 136 Å². The smallest absolute Gasteiger partial charge is 0.253 e. The molecule has 0 bridgehead atoms. The van der Waals surface area contributed by atoms with Gasteiger partial charge in [-0.1, -0.05) is 0 Å². The number of carbonyl (C=O) groups is 1. The molecular weight excluding hydrogens is 339 g/mol. The molecular formula is C17H23FN6O2.